The molecule has 1 fully saturated rings. The van der Waals surface area contributed by atoms with Gasteiger partial charge in [-0.2, -0.15) is 20.1 Å². The maximum atomic E-state index is 3.78. The van der Waals surface area contributed by atoms with E-state index >= 15 is 0 Å². The highest BCUT2D eigenvalue weighted by Gasteiger charge is 1.93. The Morgan fingerprint density at radius 3 is 0.865 bits per heavy atom. The average Bonchev–Trinajstić information content (AvgIpc) is 3.04. The minimum Gasteiger partial charge on any atom is -0.317 e. The van der Waals surface area contributed by atoms with Gasteiger partial charge in [0.25, 0.3) is 0 Å². The fraction of sp³-hybridized carbons (Fsp3) is 0.192. The summed E-state index contributed by atoms with van der Waals surface area (Å²) in [4.78, 5) is 26.0. The van der Waals surface area contributed by atoms with Crippen molar-refractivity contribution in [1.29, 1.82) is 0 Å². The smallest absolute Gasteiger partial charge is 0.115 e. The predicted octanol–water partition coefficient (Wildman–Crippen LogP) is 3.81. The van der Waals surface area contributed by atoms with Crippen molar-refractivity contribution in [3.63, 3.8) is 0 Å². The molecule has 0 bridgehead atoms. The Morgan fingerprint density at radius 1 is 0.351 bits per heavy atom. The van der Waals surface area contributed by atoms with Crippen LogP contribution in [0.4, 0.5) is 0 Å². The molecule has 0 saturated carbocycles. The molecule has 37 heavy (non-hydrogen) atoms. The molecule has 1 atom stereocenters. The molecule has 0 aromatic carbocycles. The maximum absolute atomic E-state index is 3.78. The van der Waals surface area contributed by atoms with Gasteiger partial charge in [-0.05, 0) is 56.3 Å². The molecule has 1 aliphatic rings. The number of nitrogens with one attached hydrogen (secondary N) is 1. The number of hydrogen-bond acceptors (Lipinski definition) is 10. The largest absolute Gasteiger partial charge is 0.317 e. The van der Waals surface area contributed by atoms with Gasteiger partial charge >= 0.3 is 0 Å². The summed E-state index contributed by atoms with van der Waals surface area (Å²) in [7, 11) is 0. The topological polar surface area (TPSA) is 128 Å². The zero-order valence-corrected chi connectivity index (χ0v) is 22.3. The summed E-state index contributed by atoms with van der Waals surface area (Å²) in [6, 6.07) is 11.1. The van der Waals surface area contributed by atoms with Gasteiger partial charge < -0.3 is 5.32 Å². The second-order valence-electron chi connectivity index (χ2n) is 6.44. The number of nitrogens with zero attached hydrogens (tertiary/aromatic N) is 9. The summed E-state index contributed by atoms with van der Waals surface area (Å²) in [5, 5.41) is 10.4. The molecule has 0 amide bonds. The Balaban J connectivity index is 0.000000418. The average molecular weight is 519 g/mol. The lowest BCUT2D eigenvalue weighted by Gasteiger charge is -2.08. The van der Waals surface area contributed by atoms with E-state index in [2.05, 4.69) is 50.4 Å². The molecular weight excluding hydrogens is 483 g/mol. The Kier molecular flexibility index (Phi) is 26.5. The zero-order chi connectivity index (χ0) is 25.5. The third-order valence-electron chi connectivity index (χ3n) is 3.69. The molecule has 11 heteroatoms. The van der Waals surface area contributed by atoms with Gasteiger partial charge in [0.15, 0.2) is 0 Å². The lowest BCUT2D eigenvalue weighted by atomic mass is 10.2. The minimum atomic E-state index is 0. The van der Waals surface area contributed by atoms with Gasteiger partial charge in [-0.25, -0.2) is 9.97 Å². The molecule has 0 radical (unpaired) electrons. The normalized spacial score (nSPS) is 10.4. The standard InChI is InChI=1S/C5H11N.C5H5N.4C4H4N2.H3P/c2*1-2-4-6-5-3-1;2*1-2-6-4-3-5-1;1-2-5-4-6-3-1;1-2-4-6-5-3-1;/h6H,1-5H2;1-5H;4*1-4H;1H3. The van der Waals surface area contributed by atoms with Crippen LogP contribution in [0.3, 0.4) is 0 Å². The molecule has 1 unspecified atom stereocenters. The van der Waals surface area contributed by atoms with E-state index in [0.717, 1.165) is 0 Å². The summed E-state index contributed by atoms with van der Waals surface area (Å²) < 4.78 is 0. The molecule has 10 nitrogen and oxygen atoms in total. The number of piperidine rings is 1. The van der Waals surface area contributed by atoms with Crippen molar-refractivity contribution in [3.05, 3.63) is 129 Å². The molecular formula is C26H35N10P. The van der Waals surface area contributed by atoms with Crippen LogP contribution in [-0.4, -0.2) is 58.2 Å². The first kappa shape index (κ1) is 32.9. The molecule has 1 saturated heterocycles. The third kappa shape index (κ3) is 28.0. The molecule has 1 aliphatic heterocycles. The van der Waals surface area contributed by atoms with Crippen LogP contribution in [0.15, 0.2) is 129 Å². The third-order valence-corrected chi connectivity index (χ3v) is 3.69. The van der Waals surface area contributed by atoms with E-state index in [1.54, 1.807) is 92.8 Å². The highest BCUT2D eigenvalue weighted by molar-refractivity contribution is 6.92. The number of aromatic nitrogens is 9. The van der Waals surface area contributed by atoms with Gasteiger partial charge in [-0.3, -0.25) is 24.9 Å². The van der Waals surface area contributed by atoms with Crippen molar-refractivity contribution < 1.29 is 0 Å². The molecule has 194 valence electrons. The first-order valence-corrected chi connectivity index (χ1v) is 11.4. The van der Waals surface area contributed by atoms with E-state index in [1.807, 2.05) is 30.3 Å². The van der Waals surface area contributed by atoms with Crippen LogP contribution in [0.1, 0.15) is 19.3 Å². The highest BCUT2D eigenvalue weighted by Crippen LogP contribution is 1.96. The lowest BCUT2D eigenvalue weighted by molar-refractivity contribution is 0.520. The van der Waals surface area contributed by atoms with E-state index in [9.17, 15) is 0 Å². The molecule has 1 N–H and O–H groups in total. The van der Waals surface area contributed by atoms with Crippen molar-refractivity contribution in [2.75, 3.05) is 13.1 Å². The van der Waals surface area contributed by atoms with Crippen molar-refractivity contribution in [3.8, 4) is 0 Å². The molecule has 0 aliphatic carbocycles. The van der Waals surface area contributed by atoms with Crippen LogP contribution >= 0.6 is 9.90 Å². The van der Waals surface area contributed by atoms with Gasteiger partial charge in [0.05, 0.1) is 0 Å². The fourth-order valence-corrected chi connectivity index (χ4v) is 2.13. The molecule has 0 spiro atoms. The van der Waals surface area contributed by atoms with Crippen LogP contribution in [0.25, 0.3) is 0 Å². The van der Waals surface area contributed by atoms with Gasteiger partial charge in [0, 0.05) is 86.8 Å². The van der Waals surface area contributed by atoms with Gasteiger partial charge in [-0.1, -0.05) is 12.5 Å². The van der Waals surface area contributed by atoms with E-state index in [-0.39, 0.29) is 9.90 Å². The quantitative estimate of drug-likeness (QED) is 0.302. The lowest BCUT2D eigenvalue weighted by Crippen LogP contribution is -2.21. The van der Waals surface area contributed by atoms with E-state index in [1.165, 1.54) is 38.7 Å². The van der Waals surface area contributed by atoms with Crippen LogP contribution in [-0.2, 0) is 0 Å². The summed E-state index contributed by atoms with van der Waals surface area (Å²) in [6.45, 7) is 2.50. The Labute approximate surface area is 222 Å². The van der Waals surface area contributed by atoms with Crippen molar-refractivity contribution in [2.45, 2.75) is 19.3 Å². The monoisotopic (exact) mass is 518 g/mol. The van der Waals surface area contributed by atoms with Crippen LogP contribution < -0.4 is 5.32 Å². The summed E-state index contributed by atoms with van der Waals surface area (Å²) in [6.07, 6.45) is 29.0. The number of pyridine rings is 1. The van der Waals surface area contributed by atoms with E-state index in [4.69, 9.17) is 0 Å². The molecule has 6 heterocycles. The van der Waals surface area contributed by atoms with Gasteiger partial charge in [0.1, 0.15) is 6.33 Å². The summed E-state index contributed by atoms with van der Waals surface area (Å²) >= 11 is 0. The fourth-order valence-electron chi connectivity index (χ4n) is 2.13. The second kappa shape index (κ2) is 29.9. The van der Waals surface area contributed by atoms with Crippen LogP contribution in [0.5, 0.6) is 0 Å². The van der Waals surface area contributed by atoms with Crippen molar-refractivity contribution >= 4 is 9.90 Å². The minimum absolute atomic E-state index is 0. The van der Waals surface area contributed by atoms with Gasteiger partial charge in [-0.15, -0.1) is 0 Å². The Hall–Kier alpha value is -4.14. The second-order valence-corrected chi connectivity index (χ2v) is 6.44. The molecule has 5 aromatic heterocycles. The van der Waals surface area contributed by atoms with E-state index in [0.29, 0.717) is 0 Å². The summed E-state index contributed by atoms with van der Waals surface area (Å²) in [5.41, 5.74) is 0. The van der Waals surface area contributed by atoms with Crippen LogP contribution in [0, 0.1) is 0 Å². The molecule has 5 aromatic rings. The predicted molar refractivity (Wildman–Crippen MR) is 150 cm³/mol. The molecule has 6 rings (SSSR count). The van der Waals surface area contributed by atoms with Crippen molar-refractivity contribution in [2.24, 2.45) is 0 Å². The Morgan fingerprint density at radius 2 is 0.730 bits per heavy atom. The summed E-state index contributed by atoms with van der Waals surface area (Å²) in [5.74, 6) is 0. The first-order valence-electron chi connectivity index (χ1n) is 11.4. The number of hydrogen-bond donors (Lipinski definition) is 1. The SMILES string of the molecule is C1CCNCC1.P.c1ccncc1.c1ccnnc1.c1cnccn1.c1cnccn1.c1cncnc1. The number of rotatable bonds is 0. The van der Waals surface area contributed by atoms with Crippen LogP contribution in [0.2, 0.25) is 0 Å². The highest BCUT2D eigenvalue weighted by atomic mass is 31.0. The van der Waals surface area contributed by atoms with Gasteiger partial charge in [0.2, 0.25) is 0 Å². The Bertz CT molecular complexity index is 658. The first-order chi connectivity index (χ1) is 18.0. The zero-order valence-electron chi connectivity index (χ0n) is 20.9. The maximum Gasteiger partial charge on any atom is 0.115 e. The van der Waals surface area contributed by atoms with E-state index < -0.39 is 0 Å². The van der Waals surface area contributed by atoms with Crippen molar-refractivity contribution in [1.82, 2.24) is 50.4 Å².